The number of aliphatic hydroxyl groups is 5. The lowest BCUT2D eigenvalue weighted by molar-refractivity contribution is -0.298. The largest absolute Gasteiger partial charge is 0.397 e. The van der Waals surface area contributed by atoms with Gasteiger partial charge in [0, 0.05) is 0 Å². The van der Waals surface area contributed by atoms with Gasteiger partial charge in [0.1, 0.15) is 30.5 Å². The predicted octanol–water partition coefficient (Wildman–Crippen LogP) is 11.3. The Morgan fingerprint density at radius 3 is 1.36 bits per heavy atom. The third kappa shape index (κ3) is 35.5. The molecule has 0 aromatic carbocycles. The average Bonchev–Trinajstić information content (AvgIpc) is 3.30. The van der Waals surface area contributed by atoms with Gasteiger partial charge in [-0.05, 0) is 38.5 Å². The predicted molar refractivity (Wildman–Crippen MR) is 270 cm³/mol. The molecule has 1 amide bonds. The fourth-order valence-corrected chi connectivity index (χ4v) is 9.56. The first kappa shape index (κ1) is 63.8. The second-order valence-electron chi connectivity index (χ2n) is 19.7. The molecule has 67 heavy (non-hydrogen) atoms. The molecule has 0 radical (unpaired) electrons. The molecule has 0 saturated carbocycles. The van der Waals surface area contributed by atoms with Gasteiger partial charge in [-0.1, -0.05) is 231 Å². The Hall–Kier alpha value is -1.20. The molecular weight excluding hydrogens is 875 g/mol. The van der Waals surface area contributed by atoms with Crippen LogP contribution in [0, 0.1) is 0 Å². The smallest absolute Gasteiger partial charge is 0.394 e. The van der Waals surface area contributed by atoms with Crippen molar-refractivity contribution >= 4 is 16.3 Å². The van der Waals surface area contributed by atoms with Gasteiger partial charge in [0.2, 0.25) is 5.91 Å². The highest BCUT2D eigenvalue weighted by molar-refractivity contribution is 7.80. The van der Waals surface area contributed by atoms with Gasteiger partial charge in [-0.2, -0.15) is 8.42 Å². The molecule has 0 aliphatic carbocycles. The molecule has 0 aromatic heterocycles. The number of hydrogen-bond acceptors (Lipinski definition) is 11. The van der Waals surface area contributed by atoms with E-state index >= 15 is 0 Å². The van der Waals surface area contributed by atoms with Crippen LogP contribution >= 0.6 is 0 Å². The molecule has 7 N–H and O–H groups in total. The van der Waals surface area contributed by atoms with Crippen molar-refractivity contribution in [3.8, 4) is 0 Å². The van der Waals surface area contributed by atoms with E-state index in [0.29, 0.717) is 19.3 Å². The third-order valence-electron chi connectivity index (χ3n) is 13.4. The molecule has 8 atom stereocenters. The van der Waals surface area contributed by atoms with Gasteiger partial charge in [-0.3, -0.25) is 9.35 Å². The lowest BCUT2D eigenvalue weighted by Gasteiger charge is -2.41. The Labute approximate surface area is 409 Å². The third-order valence-corrected chi connectivity index (χ3v) is 13.9. The molecule has 1 rings (SSSR count). The molecule has 1 aliphatic heterocycles. The van der Waals surface area contributed by atoms with E-state index in [0.717, 1.165) is 38.5 Å². The summed E-state index contributed by atoms with van der Waals surface area (Å²) in [6, 6.07) is -1.03. The fraction of sp³-hybridized carbons (Fsp3) is 0.943. The summed E-state index contributed by atoms with van der Waals surface area (Å²) < 4.78 is 47.3. The number of nitrogens with one attached hydrogen (secondary N) is 1. The standard InChI is InChI=1S/C53H103NO12S/c1-3-5-7-9-10-11-12-13-14-15-16-17-18-19-20-21-22-23-24-25-26-27-28-29-30-31-32-33-34-35-36-37-38-40-42-47(57)52(60)54-45(46(56)41-39-8-6-4-2)44-64-53-50(59)51(66-67(61,62)63)49(58)48(43-55)65-53/h21-22,45-51,53,55-59H,3-20,23-44H2,1-2H3,(H,54,60)(H,61,62,63)/b22-21-. The first-order valence-electron chi connectivity index (χ1n) is 27.7. The first-order chi connectivity index (χ1) is 32.4. The van der Waals surface area contributed by atoms with Gasteiger partial charge in [0.15, 0.2) is 6.29 Å². The monoisotopic (exact) mass is 978 g/mol. The lowest BCUT2D eigenvalue weighted by atomic mass is 9.99. The van der Waals surface area contributed by atoms with Crippen LogP contribution in [-0.4, -0.2) is 107 Å². The van der Waals surface area contributed by atoms with E-state index in [1.54, 1.807) is 0 Å². The fourth-order valence-electron chi connectivity index (χ4n) is 9.05. The van der Waals surface area contributed by atoms with Gasteiger partial charge in [0.25, 0.3) is 0 Å². The van der Waals surface area contributed by atoms with Crippen molar-refractivity contribution in [3.63, 3.8) is 0 Å². The summed E-state index contributed by atoms with van der Waals surface area (Å²) in [6.45, 7) is 3.14. The Morgan fingerprint density at radius 2 is 0.955 bits per heavy atom. The van der Waals surface area contributed by atoms with Crippen molar-refractivity contribution in [1.82, 2.24) is 5.32 Å². The topological polar surface area (TPSA) is 212 Å². The van der Waals surface area contributed by atoms with E-state index in [4.69, 9.17) is 14.0 Å². The molecule has 14 heteroatoms. The number of carbonyl (C=O) groups excluding carboxylic acids is 1. The van der Waals surface area contributed by atoms with Crippen LogP contribution < -0.4 is 5.32 Å². The van der Waals surface area contributed by atoms with E-state index in [9.17, 15) is 38.7 Å². The number of ether oxygens (including phenoxy) is 2. The Kier molecular flexibility index (Phi) is 41.5. The molecule has 0 spiro atoms. The van der Waals surface area contributed by atoms with Gasteiger partial charge in [-0.15, -0.1) is 0 Å². The van der Waals surface area contributed by atoms with Crippen molar-refractivity contribution in [2.45, 2.75) is 307 Å². The first-order valence-corrected chi connectivity index (χ1v) is 29.0. The molecule has 1 saturated heterocycles. The Balaban J connectivity index is 2.08. The molecule has 398 valence electrons. The second-order valence-corrected chi connectivity index (χ2v) is 20.7. The van der Waals surface area contributed by atoms with Crippen LogP contribution in [0.4, 0.5) is 0 Å². The normalized spacial score (nSPS) is 20.4. The van der Waals surface area contributed by atoms with E-state index in [1.165, 1.54) is 180 Å². The lowest BCUT2D eigenvalue weighted by Crippen LogP contribution is -2.61. The average molecular weight is 978 g/mol. The van der Waals surface area contributed by atoms with E-state index in [1.807, 2.05) is 0 Å². The molecule has 8 unspecified atom stereocenters. The molecule has 0 aromatic rings. The van der Waals surface area contributed by atoms with E-state index in [-0.39, 0.29) is 6.42 Å². The van der Waals surface area contributed by atoms with Crippen LogP contribution in [0.1, 0.15) is 258 Å². The zero-order chi connectivity index (χ0) is 49.2. The van der Waals surface area contributed by atoms with Crippen molar-refractivity contribution in [1.29, 1.82) is 0 Å². The number of hydrogen-bond donors (Lipinski definition) is 7. The number of allylic oxidation sites excluding steroid dienone is 2. The minimum atomic E-state index is -5.10. The highest BCUT2D eigenvalue weighted by Gasteiger charge is 2.48. The Bertz CT molecular complexity index is 1260. The summed E-state index contributed by atoms with van der Waals surface area (Å²) in [5.74, 6) is -0.675. The van der Waals surface area contributed by atoms with Gasteiger partial charge >= 0.3 is 10.4 Å². The quantitative estimate of drug-likeness (QED) is 0.0172. The summed E-state index contributed by atoms with van der Waals surface area (Å²) in [6.07, 6.45) is 39.7. The number of amides is 1. The molecule has 1 heterocycles. The Morgan fingerprint density at radius 1 is 0.582 bits per heavy atom. The molecule has 1 aliphatic rings. The molecular formula is C53H103NO12S. The van der Waals surface area contributed by atoms with Crippen LogP contribution in [0.3, 0.4) is 0 Å². The number of rotatable bonds is 48. The van der Waals surface area contributed by atoms with Crippen LogP contribution in [0.25, 0.3) is 0 Å². The highest BCUT2D eigenvalue weighted by atomic mass is 32.3. The summed E-state index contributed by atoms with van der Waals surface area (Å²) in [7, 11) is -5.10. The molecule has 1 fully saturated rings. The van der Waals surface area contributed by atoms with Gasteiger partial charge in [0.05, 0.1) is 25.4 Å². The van der Waals surface area contributed by atoms with Crippen molar-refractivity contribution in [3.05, 3.63) is 12.2 Å². The van der Waals surface area contributed by atoms with Crippen molar-refractivity contribution in [2.24, 2.45) is 0 Å². The van der Waals surface area contributed by atoms with Crippen molar-refractivity contribution < 1.29 is 57.0 Å². The molecule has 13 nitrogen and oxygen atoms in total. The number of carbonyl (C=O) groups is 1. The summed E-state index contributed by atoms with van der Waals surface area (Å²) in [5.41, 5.74) is 0. The maximum absolute atomic E-state index is 13.0. The van der Waals surface area contributed by atoms with Crippen LogP contribution in [0.15, 0.2) is 12.2 Å². The van der Waals surface area contributed by atoms with Gasteiger partial charge < -0.3 is 40.3 Å². The number of aliphatic hydroxyl groups excluding tert-OH is 5. The zero-order valence-electron chi connectivity index (χ0n) is 42.6. The van der Waals surface area contributed by atoms with Crippen LogP contribution in [0.5, 0.6) is 0 Å². The SMILES string of the molecule is CCCCCCCCCCCCCCCC/C=C\CCCCCCCCCCCCCCCCCCC(O)C(=O)NC(COC1OC(CO)C(O)C(OS(=O)(=O)O)C1O)C(O)CCCCCC. The highest BCUT2D eigenvalue weighted by Crippen LogP contribution is 2.26. The summed E-state index contributed by atoms with van der Waals surface area (Å²) >= 11 is 0. The summed E-state index contributed by atoms with van der Waals surface area (Å²) in [4.78, 5) is 13.0. The second kappa shape index (κ2) is 43.6. The van der Waals surface area contributed by atoms with Crippen LogP contribution in [0.2, 0.25) is 0 Å². The minimum absolute atomic E-state index is 0.262. The summed E-state index contributed by atoms with van der Waals surface area (Å²) in [5, 5.41) is 54.9. The maximum Gasteiger partial charge on any atom is 0.397 e. The minimum Gasteiger partial charge on any atom is -0.394 e. The molecule has 0 bridgehead atoms. The van der Waals surface area contributed by atoms with Gasteiger partial charge in [-0.25, -0.2) is 4.18 Å². The zero-order valence-corrected chi connectivity index (χ0v) is 43.4. The number of unbranched alkanes of at least 4 members (excludes halogenated alkanes) is 33. The van der Waals surface area contributed by atoms with E-state index < -0.39 is 78.5 Å². The maximum atomic E-state index is 13.0. The van der Waals surface area contributed by atoms with E-state index in [2.05, 4.69) is 35.5 Å². The van der Waals surface area contributed by atoms with Crippen molar-refractivity contribution in [2.75, 3.05) is 13.2 Å². The van der Waals surface area contributed by atoms with Crippen LogP contribution in [-0.2, 0) is 28.9 Å².